The summed E-state index contributed by atoms with van der Waals surface area (Å²) in [6.07, 6.45) is 0. The molecular weight excluding hydrogens is 333 g/mol. The molecule has 0 radical (unpaired) electrons. The Morgan fingerprint density at radius 2 is 1.86 bits per heavy atom. The molecule has 0 saturated heterocycles. The fourth-order valence-electron chi connectivity index (χ4n) is 2.07. The number of nitrogens with one attached hydrogen (secondary N) is 1. The van der Waals surface area contributed by atoms with Crippen molar-refractivity contribution in [1.82, 2.24) is 15.1 Å². The summed E-state index contributed by atoms with van der Waals surface area (Å²) >= 11 is 18.0. The van der Waals surface area contributed by atoms with Crippen molar-refractivity contribution in [2.45, 2.75) is 20.4 Å². The Hall–Kier alpha value is -1.23. The van der Waals surface area contributed by atoms with Crippen molar-refractivity contribution in [3.8, 4) is 0 Å². The second kappa shape index (κ2) is 6.26. The predicted molar refractivity (Wildman–Crippen MR) is 85.3 cm³/mol. The largest absolute Gasteiger partial charge is 0.348 e. The molecule has 1 heterocycles. The van der Waals surface area contributed by atoms with E-state index in [1.54, 1.807) is 16.8 Å². The smallest absolute Gasteiger partial charge is 0.254 e. The van der Waals surface area contributed by atoms with Gasteiger partial charge in [-0.1, -0.05) is 34.8 Å². The molecule has 21 heavy (non-hydrogen) atoms. The number of amides is 1. The number of aryl methyl sites for hydroxylation is 2. The Kier molecular flexibility index (Phi) is 4.81. The molecule has 1 amide bonds. The average molecular weight is 347 g/mol. The first kappa shape index (κ1) is 16.1. The van der Waals surface area contributed by atoms with E-state index in [1.165, 1.54) is 0 Å². The lowest BCUT2D eigenvalue weighted by Crippen LogP contribution is -2.24. The summed E-state index contributed by atoms with van der Waals surface area (Å²) in [5.41, 5.74) is 3.03. The lowest BCUT2D eigenvalue weighted by Gasteiger charge is -2.10. The van der Waals surface area contributed by atoms with Gasteiger partial charge in [0.2, 0.25) is 0 Å². The number of rotatable bonds is 3. The van der Waals surface area contributed by atoms with Crippen LogP contribution in [0.5, 0.6) is 0 Å². The maximum atomic E-state index is 12.3. The molecule has 0 atom stereocenters. The van der Waals surface area contributed by atoms with Crippen LogP contribution in [0.4, 0.5) is 0 Å². The monoisotopic (exact) mass is 345 g/mol. The van der Waals surface area contributed by atoms with Gasteiger partial charge in [0.25, 0.3) is 5.91 Å². The maximum absolute atomic E-state index is 12.3. The SMILES string of the molecule is Cc1nn(C)c(C)c1CNC(=O)c1c(Cl)ccc(Cl)c1Cl. The molecule has 112 valence electrons. The second-order valence-corrected chi connectivity index (χ2v) is 5.87. The van der Waals surface area contributed by atoms with Gasteiger partial charge in [0.1, 0.15) is 0 Å². The number of carbonyl (C=O) groups is 1. The highest BCUT2D eigenvalue weighted by Crippen LogP contribution is 2.31. The molecule has 0 fully saturated rings. The van der Waals surface area contributed by atoms with Crippen LogP contribution in [0.1, 0.15) is 27.3 Å². The van der Waals surface area contributed by atoms with E-state index in [4.69, 9.17) is 34.8 Å². The molecule has 1 aromatic carbocycles. The van der Waals surface area contributed by atoms with Crippen LogP contribution >= 0.6 is 34.8 Å². The fourth-order valence-corrected chi connectivity index (χ4v) is 2.77. The number of hydrogen-bond donors (Lipinski definition) is 1. The standard InChI is InChI=1S/C14H14Cl3N3O/c1-7-9(8(2)20(3)19-7)6-18-14(21)12-10(15)4-5-11(16)13(12)17/h4-5H,6H2,1-3H3,(H,18,21). The van der Waals surface area contributed by atoms with E-state index in [2.05, 4.69) is 10.4 Å². The fraction of sp³-hybridized carbons (Fsp3) is 0.286. The van der Waals surface area contributed by atoms with Crippen molar-refractivity contribution in [2.24, 2.45) is 7.05 Å². The Labute approximate surface area is 138 Å². The molecule has 0 aliphatic heterocycles. The second-order valence-electron chi connectivity index (χ2n) is 4.67. The highest BCUT2D eigenvalue weighted by molar-refractivity contribution is 6.46. The van der Waals surface area contributed by atoms with E-state index in [1.807, 2.05) is 20.9 Å². The highest BCUT2D eigenvalue weighted by atomic mass is 35.5. The molecule has 1 N–H and O–H groups in total. The Balaban J connectivity index is 2.22. The molecule has 2 rings (SSSR count). The molecule has 4 nitrogen and oxygen atoms in total. The van der Waals surface area contributed by atoms with Gasteiger partial charge in [0, 0.05) is 24.8 Å². The van der Waals surface area contributed by atoms with E-state index in [0.717, 1.165) is 17.0 Å². The first-order valence-corrected chi connectivity index (χ1v) is 7.37. The topological polar surface area (TPSA) is 46.9 Å². The van der Waals surface area contributed by atoms with E-state index < -0.39 is 0 Å². The molecule has 0 spiro atoms. The minimum absolute atomic E-state index is 0.154. The predicted octanol–water partition coefficient (Wildman–Crippen LogP) is 3.93. The van der Waals surface area contributed by atoms with E-state index in [9.17, 15) is 4.79 Å². The third-order valence-corrected chi connectivity index (χ3v) is 4.47. The third-order valence-electron chi connectivity index (χ3n) is 3.36. The summed E-state index contributed by atoms with van der Waals surface area (Å²) in [6, 6.07) is 3.10. The molecule has 0 unspecified atom stereocenters. The molecule has 1 aromatic heterocycles. The van der Waals surface area contributed by atoms with Crippen LogP contribution in [0.25, 0.3) is 0 Å². The number of carbonyl (C=O) groups excluding carboxylic acids is 1. The zero-order valence-electron chi connectivity index (χ0n) is 11.8. The third kappa shape index (κ3) is 3.18. The Morgan fingerprint density at radius 1 is 1.24 bits per heavy atom. The van der Waals surface area contributed by atoms with Crippen LogP contribution in [-0.4, -0.2) is 15.7 Å². The summed E-state index contributed by atoms with van der Waals surface area (Å²) in [5.74, 6) is -0.366. The first-order valence-electron chi connectivity index (χ1n) is 6.23. The minimum Gasteiger partial charge on any atom is -0.348 e. The molecule has 0 saturated carbocycles. The zero-order chi connectivity index (χ0) is 15.7. The van der Waals surface area contributed by atoms with Crippen LogP contribution in [0.3, 0.4) is 0 Å². The van der Waals surface area contributed by atoms with Gasteiger partial charge in [-0.15, -0.1) is 0 Å². The summed E-state index contributed by atoms with van der Waals surface area (Å²) < 4.78 is 1.77. The first-order chi connectivity index (χ1) is 9.82. The summed E-state index contributed by atoms with van der Waals surface area (Å²) in [7, 11) is 1.86. The van der Waals surface area contributed by atoms with E-state index in [-0.39, 0.29) is 21.5 Å². The Bertz CT molecular complexity index is 710. The van der Waals surface area contributed by atoms with Crippen LogP contribution < -0.4 is 5.32 Å². The lowest BCUT2D eigenvalue weighted by molar-refractivity contribution is 0.0951. The van der Waals surface area contributed by atoms with Crippen molar-refractivity contribution >= 4 is 40.7 Å². The van der Waals surface area contributed by atoms with Gasteiger partial charge >= 0.3 is 0 Å². The van der Waals surface area contributed by atoms with Crippen LogP contribution in [0.15, 0.2) is 12.1 Å². The average Bonchev–Trinajstić information content (AvgIpc) is 2.66. The van der Waals surface area contributed by atoms with Crippen LogP contribution in [0, 0.1) is 13.8 Å². The van der Waals surface area contributed by atoms with Crippen molar-refractivity contribution in [2.75, 3.05) is 0 Å². The molecule has 0 aliphatic carbocycles. The van der Waals surface area contributed by atoms with Crippen molar-refractivity contribution in [1.29, 1.82) is 0 Å². The number of halogens is 3. The van der Waals surface area contributed by atoms with Gasteiger partial charge in [-0.05, 0) is 26.0 Å². The molecule has 0 aliphatic rings. The molecule has 0 bridgehead atoms. The van der Waals surface area contributed by atoms with E-state index in [0.29, 0.717) is 11.6 Å². The Morgan fingerprint density at radius 3 is 2.43 bits per heavy atom. The van der Waals surface area contributed by atoms with Crippen molar-refractivity contribution in [3.05, 3.63) is 49.7 Å². The summed E-state index contributed by atoms with van der Waals surface area (Å²) in [6.45, 7) is 4.19. The van der Waals surface area contributed by atoms with Gasteiger partial charge in [-0.25, -0.2) is 0 Å². The number of benzene rings is 1. The molecule has 7 heteroatoms. The van der Waals surface area contributed by atoms with Gasteiger partial charge in [0.15, 0.2) is 0 Å². The molecular formula is C14H14Cl3N3O. The van der Waals surface area contributed by atoms with Crippen molar-refractivity contribution < 1.29 is 4.79 Å². The highest BCUT2D eigenvalue weighted by Gasteiger charge is 2.18. The lowest BCUT2D eigenvalue weighted by atomic mass is 10.1. The normalized spacial score (nSPS) is 10.8. The minimum atomic E-state index is -0.366. The van der Waals surface area contributed by atoms with Gasteiger partial charge in [0.05, 0.1) is 26.3 Å². The van der Waals surface area contributed by atoms with Crippen LogP contribution in [0.2, 0.25) is 15.1 Å². The number of nitrogens with zero attached hydrogens (tertiary/aromatic N) is 2. The summed E-state index contributed by atoms with van der Waals surface area (Å²) in [4.78, 5) is 12.3. The van der Waals surface area contributed by atoms with E-state index >= 15 is 0 Å². The summed E-state index contributed by atoms with van der Waals surface area (Å²) in [5, 5.41) is 7.81. The van der Waals surface area contributed by atoms with Gasteiger partial charge in [-0.3, -0.25) is 9.48 Å². The van der Waals surface area contributed by atoms with Gasteiger partial charge < -0.3 is 5.32 Å². The number of aromatic nitrogens is 2. The maximum Gasteiger partial charge on any atom is 0.254 e. The van der Waals surface area contributed by atoms with Crippen LogP contribution in [-0.2, 0) is 13.6 Å². The van der Waals surface area contributed by atoms with Crippen molar-refractivity contribution in [3.63, 3.8) is 0 Å². The number of hydrogen-bond acceptors (Lipinski definition) is 2. The van der Waals surface area contributed by atoms with Gasteiger partial charge in [-0.2, -0.15) is 5.10 Å². The quantitative estimate of drug-likeness (QED) is 0.856. The zero-order valence-corrected chi connectivity index (χ0v) is 14.1. The molecule has 2 aromatic rings.